The molecule has 0 bridgehead atoms. The van der Waals surface area contributed by atoms with Crippen LogP contribution in [0.1, 0.15) is 19.4 Å². The molecule has 0 fully saturated rings. The molecule has 0 heterocycles. The minimum absolute atomic E-state index is 0.236. The van der Waals surface area contributed by atoms with Crippen LogP contribution in [-0.2, 0) is 24.6 Å². The summed E-state index contributed by atoms with van der Waals surface area (Å²) in [5.41, 5.74) is 1.00. The van der Waals surface area contributed by atoms with E-state index in [0.29, 0.717) is 6.42 Å². The van der Waals surface area contributed by atoms with E-state index in [1.165, 1.54) is 0 Å². The first kappa shape index (κ1) is 15.9. The van der Waals surface area contributed by atoms with Crippen LogP contribution in [0.25, 0.3) is 0 Å². The predicted octanol–water partition coefficient (Wildman–Crippen LogP) is 3.43. The molecule has 19 heavy (non-hydrogen) atoms. The van der Waals surface area contributed by atoms with E-state index in [1.807, 2.05) is 30.3 Å². The Labute approximate surface area is 114 Å². The van der Waals surface area contributed by atoms with Gasteiger partial charge in [-0.05, 0) is 19.4 Å². The molecule has 0 saturated carbocycles. The average Bonchev–Trinajstić information content (AvgIpc) is 2.39. The summed E-state index contributed by atoms with van der Waals surface area (Å²) in [5.74, 6) is 2.47. The predicted molar refractivity (Wildman–Crippen MR) is 74.7 cm³/mol. The SMILES string of the molecule is C#CC(Cc1ccccc1)OP(=O)(OCC)OCC. The molecule has 4 nitrogen and oxygen atoms in total. The number of phosphoric ester groups is 1. The molecule has 0 aliphatic heterocycles. The number of terminal acetylenes is 1. The molecule has 0 spiro atoms. The van der Waals surface area contributed by atoms with Crippen LogP contribution in [0.5, 0.6) is 0 Å². The highest BCUT2D eigenvalue weighted by molar-refractivity contribution is 7.48. The highest BCUT2D eigenvalue weighted by atomic mass is 31.2. The lowest BCUT2D eigenvalue weighted by atomic mass is 10.1. The first-order chi connectivity index (χ1) is 9.13. The molecular weight excluding hydrogens is 263 g/mol. The first-order valence-electron chi connectivity index (χ1n) is 6.21. The van der Waals surface area contributed by atoms with Crippen molar-refractivity contribution in [2.24, 2.45) is 0 Å². The molecule has 0 N–H and O–H groups in total. The normalized spacial score (nSPS) is 12.9. The first-order valence-corrected chi connectivity index (χ1v) is 7.67. The summed E-state index contributed by atoms with van der Waals surface area (Å²) in [5, 5.41) is 0. The van der Waals surface area contributed by atoms with Crippen molar-refractivity contribution in [1.29, 1.82) is 0 Å². The van der Waals surface area contributed by atoms with Crippen LogP contribution in [0.4, 0.5) is 0 Å². The van der Waals surface area contributed by atoms with Gasteiger partial charge >= 0.3 is 7.82 Å². The van der Waals surface area contributed by atoms with Crippen molar-refractivity contribution >= 4 is 7.82 Å². The molecule has 1 aromatic carbocycles. The molecule has 0 aliphatic rings. The van der Waals surface area contributed by atoms with Gasteiger partial charge in [0.2, 0.25) is 0 Å². The summed E-state index contributed by atoms with van der Waals surface area (Å²) in [4.78, 5) is 0. The van der Waals surface area contributed by atoms with Gasteiger partial charge in [0.05, 0.1) is 13.2 Å². The number of rotatable bonds is 8. The van der Waals surface area contributed by atoms with E-state index in [-0.39, 0.29) is 13.2 Å². The number of benzene rings is 1. The minimum atomic E-state index is -3.57. The zero-order chi connectivity index (χ0) is 14.1. The van der Waals surface area contributed by atoms with E-state index < -0.39 is 13.9 Å². The van der Waals surface area contributed by atoms with Gasteiger partial charge in [-0.2, -0.15) is 0 Å². The van der Waals surface area contributed by atoms with E-state index in [1.54, 1.807) is 13.8 Å². The number of phosphoric acid groups is 1. The van der Waals surface area contributed by atoms with Gasteiger partial charge in [0, 0.05) is 6.42 Å². The zero-order valence-electron chi connectivity index (χ0n) is 11.2. The van der Waals surface area contributed by atoms with E-state index >= 15 is 0 Å². The quantitative estimate of drug-likeness (QED) is 0.541. The van der Waals surface area contributed by atoms with Crippen LogP contribution in [0, 0.1) is 12.3 Å². The maximum Gasteiger partial charge on any atom is 0.475 e. The van der Waals surface area contributed by atoms with E-state index in [0.717, 1.165) is 5.56 Å². The van der Waals surface area contributed by atoms with Gasteiger partial charge in [0.15, 0.2) is 0 Å². The lowest BCUT2D eigenvalue weighted by molar-refractivity contribution is 0.104. The van der Waals surface area contributed by atoms with Crippen molar-refractivity contribution in [2.45, 2.75) is 26.4 Å². The molecule has 0 aliphatic carbocycles. The van der Waals surface area contributed by atoms with Crippen LogP contribution < -0.4 is 0 Å². The van der Waals surface area contributed by atoms with Crippen LogP contribution in [0.15, 0.2) is 30.3 Å². The lowest BCUT2D eigenvalue weighted by Gasteiger charge is -2.20. The summed E-state index contributed by atoms with van der Waals surface area (Å²) < 4.78 is 27.7. The Morgan fingerprint density at radius 3 is 2.26 bits per heavy atom. The fraction of sp³-hybridized carbons (Fsp3) is 0.429. The van der Waals surface area contributed by atoms with Crippen LogP contribution in [0.2, 0.25) is 0 Å². The van der Waals surface area contributed by atoms with Gasteiger partial charge in [-0.1, -0.05) is 36.3 Å². The Hall–Kier alpha value is -1.11. The monoisotopic (exact) mass is 282 g/mol. The lowest BCUT2D eigenvalue weighted by Crippen LogP contribution is -2.14. The van der Waals surface area contributed by atoms with Crippen LogP contribution in [0.3, 0.4) is 0 Å². The van der Waals surface area contributed by atoms with Gasteiger partial charge in [-0.3, -0.25) is 13.6 Å². The summed E-state index contributed by atoms with van der Waals surface area (Å²) in [6, 6.07) is 9.60. The summed E-state index contributed by atoms with van der Waals surface area (Å²) in [6.07, 6.45) is 5.23. The van der Waals surface area contributed by atoms with Crippen molar-refractivity contribution < 1.29 is 18.1 Å². The Bertz CT molecular complexity index is 442. The molecule has 1 unspecified atom stereocenters. The Balaban J connectivity index is 2.70. The number of hydrogen-bond acceptors (Lipinski definition) is 4. The summed E-state index contributed by atoms with van der Waals surface area (Å²) >= 11 is 0. The maximum absolute atomic E-state index is 12.2. The molecular formula is C14H19O4P. The third-order valence-corrected chi connectivity index (χ3v) is 3.94. The Morgan fingerprint density at radius 2 is 1.79 bits per heavy atom. The zero-order valence-corrected chi connectivity index (χ0v) is 12.1. The van der Waals surface area contributed by atoms with Gasteiger partial charge < -0.3 is 0 Å². The largest absolute Gasteiger partial charge is 0.475 e. The average molecular weight is 282 g/mol. The molecule has 1 atom stereocenters. The fourth-order valence-corrected chi connectivity index (χ4v) is 2.80. The van der Waals surface area contributed by atoms with Crippen molar-refractivity contribution in [3.05, 3.63) is 35.9 Å². The molecule has 0 aromatic heterocycles. The molecule has 1 rings (SSSR count). The molecule has 5 heteroatoms. The van der Waals surface area contributed by atoms with E-state index in [9.17, 15) is 4.57 Å². The van der Waals surface area contributed by atoms with E-state index in [2.05, 4.69) is 5.92 Å². The molecule has 104 valence electrons. The van der Waals surface area contributed by atoms with Crippen molar-refractivity contribution in [1.82, 2.24) is 0 Å². The summed E-state index contributed by atoms with van der Waals surface area (Å²) in [6.45, 7) is 3.91. The third-order valence-electron chi connectivity index (χ3n) is 2.28. The van der Waals surface area contributed by atoms with Gasteiger partial charge in [0.25, 0.3) is 0 Å². The highest BCUT2D eigenvalue weighted by Gasteiger charge is 2.29. The number of hydrogen-bond donors (Lipinski definition) is 0. The molecule has 0 saturated heterocycles. The highest BCUT2D eigenvalue weighted by Crippen LogP contribution is 2.50. The minimum Gasteiger partial charge on any atom is -0.287 e. The Morgan fingerprint density at radius 1 is 1.21 bits per heavy atom. The fourth-order valence-electron chi connectivity index (χ4n) is 1.52. The summed E-state index contributed by atoms with van der Waals surface area (Å²) in [7, 11) is -3.57. The maximum atomic E-state index is 12.2. The van der Waals surface area contributed by atoms with Gasteiger partial charge in [-0.15, -0.1) is 6.42 Å². The molecule has 0 radical (unpaired) electrons. The molecule has 1 aromatic rings. The van der Waals surface area contributed by atoms with Gasteiger partial charge in [-0.25, -0.2) is 4.57 Å². The van der Waals surface area contributed by atoms with E-state index in [4.69, 9.17) is 20.0 Å². The van der Waals surface area contributed by atoms with Crippen molar-refractivity contribution in [3.63, 3.8) is 0 Å². The second kappa shape index (κ2) is 8.14. The standard InChI is InChI=1S/C14H19O4P/c1-4-14(12-13-10-8-7-9-11-13)18-19(15,16-5-2)17-6-3/h1,7-11,14H,5-6,12H2,2-3H3. The van der Waals surface area contributed by atoms with Crippen molar-refractivity contribution in [2.75, 3.05) is 13.2 Å². The second-order valence-corrected chi connectivity index (χ2v) is 5.35. The van der Waals surface area contributed by atoms with Crippen LogP contribution >= 0.6 is 7.82 Å². The molecule has 0 amide bonds. The third kappa shape index (κ3) is 5.59. The second-order valence-electron chi connectivity index (χ2n) is 3.73. The van der Waals surface area contributed by atoms with Crippen molar-refractivity contribution in [3.8, 4) is 12.3 Å². The Kier molecular flexibility index (Phi) is 6.83. The topological polar surface area (TPSA) is 44.8 Å². The van der Waals surface area contributed by atoms with Gasteiger partial charge in [0.1, 0.15) is 6.10 Å². The van der Waals surface area contributed by atoms with Crippen LogP contribution in [-0.4, -0.2) is 19.3 Å². The smallest absolute Gasteiger partial charge is 0.287 e.